The first kappa shape index (κ1) is 22.4. The van der Waals surface area contributed by atoms with E-state index in [1.54, 1.807) is 23.8 Å². The SMILES string of the molecule is COc1ccccc1-c1cc(-c2ccccc2)nc(SCC[NH+]2CCCCCC2)c1C#N. The van der Waals surface area contributed by atoms with Crippen LogP contribution in [0.4, 0.5) is 0 Å². The van der Waals surface area contributed by atoms with E-state index in [1.165, 1.54) is 38.8 Å². The van der Waals surface area contributed by atoms with Gasteiger partial charge in [0.15, 0.2) is 0 Å². The molecule has 0 saturated carbocycles. The number of likely N-dealkylation sites (tertiary alicyclic amines) is 1. The number of methoxy groups -OCH3 is 1. The van der Waals surface area contributed by atoms with E-state index >= 15 is 0 Å². The molecule has 1 aliphatic rings. The number of rotatable bonds is 7. The summed E-state index contributed by atoms with van der Waals surface area (Å²) in [5.74, 6) is 1.72. The Labute approximate surface area is 195 Å². The Bertz CT molecular complexity index is 1070. The van der Waals surface area contributed by atoms with Crippen molar-refractivity contribution in [3.05, 3.63) is 66.2 Å². The van der Waals surface area contributed by atoms with Crippen LogP contribution in [-0.2, 0) is 0 Å². The van der Waals surface area contributed by atoms with Gasteiger partial charge in [-0.1, -0.05) is 60.3 Å². The molecule has 1 N–H and O–H groups in total. The van der Waals surface area contributed by atoms with Crippen molar-refractivity contribution in [1.82, 2.24) is 4.98 Å². The van der Waals surface area contributed by atoms with Crippen LogP contribution in [0.1, 0.15) is 31.2 Å². The summed E-state index contributed by atoms with van der Waals surface area (Å²) in [5.41, 5.74) is 4.36. The highest BCUT2D eigenvalue weighted by molar-refractivity contribution is 7.99. The number of nitrogens with one attached hydrogen (secondary N) is 1. The number of ether oxygens (including phenoxy) is 1. The van der Waals surface area contributed by atoms with Crippen molar-refractivity contribution in [2.24, 2.45) is 0 Å². The largest absolute Gasteiger partial charge is 0.496 e. The number of aromatic nitrogens is 1. The summed E-state index contributed by atoms with van der Waals surface area (Å²) in [7, 11) is 1.67. The van der Waals surface area contributed by atoms with Crippen molar-refractivity contribution in [1.29, 1.82) is 5.26 Å². The van der Waals surface area contributed by atoms with Crippen molar-refractivity contribution in [3.8, 4) is 34.2 Å². The van der Waals surface area contributed by atoms with E-state index in [1.807, 2.05) is 48.5 Å². The topological polar surface area (TPSA) is 50.4 Å². The number of para-hydroxylation sites is 1. The van der Waals surface area contributed by atoms with Crippen LogP contribution >= 0.6 is 11.8 Å². The normalized spacial score (nSPS) is 14.5. The van der Waals surface area contributed by atoms with Crippen LogP contribution in [0.3, 0.4) is 0 Å². The second kappa shape index (κ2) is 11.2. The second-order valence-corrected chi connectivity index (χ2v) is 9.26. The van der Waals surface area contributed by atoms with Gasteiger partial charge in [-0.3, -0.25) is 0 Å². The smallest absolute Gasteiger partial charge is 0.126 e. The number of hydrogen-bond donors (Lipinski definition) is 1. The molecule has 0 unspecified atom stereocenters. The zero-order chi connectivity index (χ0) is 22.2. The Kier molecular flexibility index (Phi) is 7.82. The predicted molar refractivity (Wildman–Crippen MR) is 131 cm³/mol. The molecule has 2 aromatic carbocycles. The summed E-state index contributed by atoms with van der Waals surface area (Å²) >= 11 is 1.71. The molecule has 0 bridgehead atoms. The van der Waals surface area contributed by atoms with Gasteiger partial charge in [0.2, 0.25) is 0 Å². The summed E-state index contributed by atoms with van der Waals surface area (Å²) in [5, 5.41) is 10.9. The number of nitriles is 1. The van der Waals surface area contributed by atoms with Gasteiger partial charge in [0.05, 0.1) is 38.0 Å². The van der Waals surface area contributed by atoms with Gasteiger partial charge >= 0.3 is 0 Å². The van der Waals surface area contributed by atoms with Gasteiger partial charge in [0, 0.05) is 22.4 Å². The van der Waals surface area contributed by atoms with Gasteiger partial charge in [-0.05, 0) is 37.8 Å². The van der Waals surface area contributed by atoms with E-state index in [0.29, 0.717) is 5.56 Å². The predicted octanol–water partition coefficient (Wildman–Crippen LogP) is 4.85. The molecule has 1 aliphatic heterocycles. The molecule has 0 amide bonds. The highest BCUT2D eigenvalue weighted by Gasteiger charge is 2.19. The Morgan fingerprint density at radius 3 is 2.41 bits per heavy atom. The molecule has 0 atom stereocenters. The molecule has 5 heteroatoms. The number of pyridine rings is 1. The van der Waals surface area contributed by atoms with Crippen molar-refractivity contribution in [2.45, 2.75) is 30.7 Å². The van der Waals surface area contributed by atoms with Gasteiger partial charge in [-0.25, -0.2) is 4.98 Å². The van der Waals surface area contributed by atoms with Crippen molar-refractivity contribution >= 4 is 11.8 Å². The summed E-state index contributed by atoms with van der Waals surface area (Å²) < 4.78 is 5.62. The molecule has 4 nitrogen and oxygen atoms in total. The van der Waals surface area contributed by atoms with Crippen molar-refractivity contribution in [2.75, 3.05) is 32.5 Å². The lowest BCUT2D eigenvalue weighted by Crippen LogP contribution is -3.12. The van der Waals surface area contributed by atoms with E-state index in [9.17, 15) is 5.26 Å². The van der Waals surface area contributed by atoms with Crippen LogP contribution in [0.2, 0.25) is 0 Å². The molecule has 0 spiro atoms. The summed E-state index contributed by atoms with van der Waals surface area (Å²) in [6.45, 7) is 3.63. The highest BCUT2D eigenvalue weighted by Crippen LogP contribution is 2.37. The summed E-state index contributed by atoms with van der Waals surface area (Å²) in [6, 6.07) is 22.5. The standard InChI is InChI=1S/C27H29N3OS/c1-31-26-14-8-7-13-22(26)23-19-25(21-11-5-4-6-12-21)29-27(24(23)20-28)32-18-17-30-15-9-2-3-10-16-30/h4-8,11-14,19H,2-3,9-10,15-18H2,1H3/p+1. The van der Waals surface area contributed by atoms with Crippen LogP contribution < -0.4 is 9.64 Å². The molecule has 4 rings (SSSR count). The minimum absolute atomic E-state index is 0.630. The Hall–Kier alpha value is -2.81. The van der Waals surface area contributed by atoms with E-state index in [-0.39, 0.29) is 0 Å². The van der Waals surface area contributed by atoms with Crippen LogP contribution in [0.5, 0.6) is 5.75 Å². The lowest BCUT2D eigenvalue weighted by atomic mass is 9.98. The number of nitrogens with zero attached hydrogens (tertiary/aromatic N) is 2. The average molecular weight is 445 g/mol. The second-order valence-electron chi connectivity index (χ2n) is 8.18. The number of thioether (sulfide) groups is 1. The molecule has 1 aromatic heterocycles. The molecule has 32 heavy (non-hydrogen) atoms. The van der Waals surface area contributed by atoms with Gasteiger partial charge < -0.3 is 9.64 Å². The van der Waals surface area contributed by atoms with Gasteiger partial charge in [0.25, 0.3) is 0 Å². The van der Waals surface area contributed by atoms with Crippen LogP contribution in [0, 0.1) is 11.3 Å². The zero-order valence-corrected chi connectivity index (χ0v) is 19.5. The van der Waals surface area contributed by atoms with Crippen LogP contribution in [-0.4, -0.2) is 37.5 Å². The quantitative estimate of drug-likeness (QED) is 0.530. The Balaban J connectivity index is 1.70. The maximum Gasteiger partial charge on any atom is 0.126 e. The molecular weight excluding hydrogens is 414 g/mol. The van der Waals surface area contributed by atoms with Crippen LogP contribution in [0.15, 0.2) is 65.7 Å². The molecule has 1 saturated heterocycles. The number of quaternary nitrogens is 1. The van der Waals surface area contributed by atoms with E-state index < -0.39 is 0 Å². The lowest BCUT2D eigenvalue weighted by molar-refractivity contribution is -0.896. The molecule has 1 fully saturated rings. The highest BCUT2D eigenvalue weighted by atomic mass is 32.2. The molecule has 164 valence electrons. The van der Waals surface area contributed by atoms with E-state index in [4.69, 9.17) is 9.72 Å². The van der Waals surface area contributed by atoms with Crippen LogP contribution in [0.25, 0.3) is 22.4 Å². The third-order valence-electron chi connectivity index (χ3n) is 6.07. The number of hydrogen-bond acceptors (Lipinski definition) is 4. The Morgan fingerprint density at radius 2 is 1.69 bits per heavy atom. The maximum atomic E-state index is 10.1. The molecular formula is C27H30N3OS+. The molecule has 0 aliphatic carbocycles. The fraction of sp³-hybridized carbons (Fsp3) is 0.333. The fourth-order valence-corrected chi connectivity index (χ4v) is 5.39. The molecule has 0 radical (unpaired) electrons. The third-order valence-corrected chi connectivity index (χ3v) is 7.05. The molecule has 3 aromatic rings. The minimum Gasteiger partial charge on any atom is -0.496 e. The average Bonchev–Trinajstić information content (AvgIpc) is 3.13. The monoisotopic (exact) mass is 444 g/mol. The fourth-order valence-electron chi connectivity index (χ4n) is 4.34. The summed E-state index contributed by atoms with van der Waals surface area (Å²) in [6.07, 6.45) is 5.36. The summed E-state index contributed by atoms with van der Waals surface area (Å²) in [4.78, 5) is 6.63. The van der Waals surface area contributed by atoms with E-state index in [2.05, 4.69) is 18.2 Å². The van der Waals surface area contributed by atoms with Crippen molar-refractivity contribution in [3.63, 3.8) is 0 Å². The first-order chi connectivity index (χ1) is 15.8. The van der Waals surface area contributed by atoms with Gasteiger partial charge in [-0.15, -0.1) is 0 Å². The Morgan fingerprint density at radius 1 is 0.969 bits per heavy atom. The zero-order valence-electron chi connectivity index (χ0n) is 18.6. The minimum atomic E-state index is 0.630. The van der Waals surface area contributed by atoms with Crippen molar-refractivity contribution < 1.29 is 9.64 Å². The van der Waals surface area contributed by atoms with Gasteiger partial charge in [0.1, 0.15) is 16.8 Å². The first-order valence-electron chi connectivity index (χ1n) is 11.4. The number of benzene rings is 2. The molecule has 2 heterocycles. The van der Waals surface area contributed by atoms with Gasteiger partial charge in [-0.2, -0.15) is 5.26 Å². The lowest BCUT2D eigenvalue weighted by Gasteiger charge is -2.17. The van der Waals surface area contributed by atoms with E-state index in [0.717, 1.165) is 45.5 Å². The third kappa shape index (κ3) is 5.32. The maximum absolute atomic E-state index is 10.1. The first-order valence-corrected chi connectivity index (χ1v) is 12.4.